The number of nitrogens with one attached hydrogen (secondary N) is 1. The Hall–Kier alpha value is -2.34. The predicted molar refractivity (Wildman–Crippen MR) is 98.3 cm³/mol. The Kier molecular flexibility index (Phi) is 6.37. The van der Waals surface area contributed by atoms with Crippen molar-refractivity contribution >= 4 is 33.4 Å². The van der Waals surface area contributed by atoms with Crippen LogP contribution in [0.2, 0.25) is 0 Å². The first-order chi connectivity index (χ1) is 11.5. The fraction of sp³-hybridized carbons (Fsp3) is 0.222. The maximum Gasteiger partial charge on any atom is 0.411 e. The van der Waals surface area contributed by atoms with Crippen LogP contribution >= 0.6 is 15.9 Å². The van der Waals surface area contributed by atoms with Crippen LogP contribution in [0.3, 0.4) is 0 Å². The molecule has 2 aromatic carbocycles. The van der Waals surface area contributed by atoms with E-state index < -0.39 is 6.09 Å². The average molecular weight is 391 g/mol. The molecule has 0 radical (unpaired) electrons. The van der Waals surface area contributed by atoms with Crippen LogP contribution in [-0.4, -0.2) is 18.9 Å². The van der Waals surface area contributed by atoms with Gasteiger partial charge in [0.1, 0.15) is 6.61 Å². The highest BCUT2D eigenvalue weighted by atomic mass is 79.9. The lowest BCUT2D eigenvalue weighted by Crippen LogP contribution is -2.13. The van der Waals surface area contributed by atoms with Gasteiger partial charge in [-0.3, -0.25) is 5.32 Å². The van der Waals surface area contributed by atoms with Gasteiger partial charge in [-0.05, 0) is 43.2 Å². The fourth-order valence-electron chi connectivity index (χ4n) is 2.11. The first kappa shape index (κ1) is 18.0. The van der Waals surface area contributed by atoms with Crippen molar-refractivity contribution in [3.05, 3.63) is 63.6 Å². The first-order valence-electron chi connectivity index (χ1n) is 7.37. The number of rotatable bonds is 5. The Labute approximate surface area is 149 Å². The Balaban J connectivity index is 2.09. The number of nitrogens with zero attached hydrogens (tertiary/aromatic N) is 1. The molecule has 2 rings (SSSR count). The fourth-order valence-corrected chi connectivity index (χ4v) is 2.37. The van der Waals surface area contributed by atoms with Gasteiger partial charge in [0.25, 0.3) is 0 Å². The van der Waals surface area contributed by atoms with E-state index in [-0.39, 0.29) is 6.61 Å². The third kappa shape index (κ3) is 4.83. The lowest BCUT2D eigenvalue weighted by atomic mass is 10.1. The molecule has 0 bridgehead atoms. The Bertz CT molecular complexity index is 742. The molecule has 126 valence electrons. The van der Waals surface area contributed by atoms with E-state index >= 15 is 0 Å². The van der Waals surface area contributed by atoms with Crippen molar-refractivity contribution in [2.45, 2.75) is 20.5 Å². The van der Waals surface area contributed by atoms with E-state index in [1.54, 1.807) is 6.07 Å². The number of halogens is 1. The number of amides is 1. The molecule has 0 heterocycles. The smallest absolute Gasteiger partial charge is 0.411 e. The van der Waals surface area contributed by atoms with Crippen molar-refractivity contribution in [3.63, 3.8) is 0 Å². The third-order valence-electron chi connectivity index (χ3n) is 3.50. The van der Waals surface area contributed by atoms with Gasteiger partial charge < -0.3 is 9.57 Å². The second-order valence-electron chi connectivity index (χ2n) is 5.17. The van der Waals surface area contributed by atoms with Gasteiger partial charge in [0.05, 0.1) is 18.5 Å². The van der Waals surface area contributed by atoms with Crippen LogP contribution in [0.5, 0.6) is 0 Å². The summed E-state index contributed by atoms with van der Waals surface area (Å²) in [4.78, 5) is 16.9. The van der Waals surface area contributed by atoms with Gasteiger partial charge in [0.2, 0.25) is 0 Å². The molecule has 0 saturated heterocycles. The highest BCUT2D eigenvalue weighted by Gasteiger charge is 2.09. The maximum atomic E-state index is 11.4. The van der Waals surface area contributed by atoms with E-state index in [1.165, 1.54) is 7.11 Å². The molecular formula is C18H19BrN2O3. The van der Waals surface area contributed by atoms with Gasteiger partial charge in [0.15, 0.2) is 0 Å². The molecule has 24 heavy (non-hydrogen) atoms. The van der Waals surface area contributed by atoms with E-state index in [2.05, 4.69) is 31.1 Å². The minimum absolute atomic E-state index is 0.250. The summed E-state index contributed by atoms with van der Waals surface area (Å²) >= 11 is 3.40. The largest absolute Gasteiger partial charge is 0.453 e. The van der Waals surface area contributed by atoms with Crippen molar-refractivity contribution in [2.24, 2.45) is 5.16 Å². The average Bonchev–Trinajstić information content (AvgIpc) is 2.57. The number of anilines is 1. The maximum absolute atomic E-state index is 11.4. The number of benzene rings is 2. The van der Waals surface area contributed by atoms with Gasteiger partial charge in [-0.15, -0.1) is 0 Å². The summed E-state index contributed by atoms with van der Waals surface area (Å²) in [5.74, 6) is 0. The molecule has 0 atom stereocenters. The molecule has 2 aromatic rings. The van der Waals surface area contributed by atoms with Crippen LogP contribution in [0.4, 0.5) is 10.5 Å². The second-order valence-corrected chi connectivity index (χ2v) is 6.09. The molecule has 1 N–H and O–H groups in total. The van der Waals surface area contributed by atoms with Crippen LogP contribution in [0, 0.1) is 6.92 Å². The Morgan fingerprint density at radius 3 is 2.58 bits per heavy atom. The summed E-state index contributed by atoms with van der Waals surface area (Å²) in [6.45, 7) is 4.08. The van der Waals surface area contributed by atoms with Crippen molar-refractivity contribution in [3.8, 4) is 0 Å². The molecule has 0 spiro atoms. The molecule has 0 aliphatic heterocycles. The molecule has 0 saturated carbocycles. The Morgan fingerprint density at radius 2 is 1.92 bits per heavy atom. The van der Waals surface area contributed by atoms with Crippen LogP contribution in [0.1, 0.15) is 23.6 Å². The number of oxime groups is 1. The molecule has 0 aliphatic rings. The van der Waals surface area contributed by atoms with E-state index in [0.29, 0.717) is 5.69 Å². The SMILES string of the molecule is COC(=O)Nc1cccc(C)c1CO/N=C(\C)c1ccc(Br)cc1. The highest BCUT2D eigenvalue weighted by molar-refractivity contribution is 9.10. The number of ether oxygens (including phenoxy) is 1. The molecule has 1 amide bonds. The Morgan fingerprint density at radius 1 is 1.21 bits per heavy atom. The number of hydrogen-bond acceptors (Lipinski definition) is 4. The van der Waals surface area contributed by atoms with Gasteiger partial charge in [-0.25, -0.2) is 4.79 Å². The van der Waals surface area contributed by atoms with Crippen LogP contribution in [-0.2, 0) is 16.2 Å². The van der Waals surface area contributed by atoms with E-state index in [4.69, 9.17) is 4.84 Å². The van der Waals surface area contributed by atoms with E-state index in [1.807, 2.05) is 50.2 Å². The summed E-state index contributed by atoms with van der Waals surface area (Å²) in [6.07, 6.45) is -0.517. The summed E-state index contributed by atoms with van der Waals surface area (Å²) in [5.41, 5.74) is 4.27. The van der Waals surface area contributed by atoms with E-state index in [9.17, 15) is 4.79 Å². The lowest BCUT2D eigenvalue weighted by molar-refractivity contribution is 0.130. The van der Waals surface area contributed by atoms with Crippen LogP contribution < -0.4 is 5.32 Å². The summed E-state index contributed by atoms with van der Waals surface area (Å²) < 4.78 is 5.65. The molecule has 5 nitrogen and oxygen atoms in total. The molecular weight excluding hydrogens is 372 g/mol. The normalized spacial score (nSPS) is 11.1. The van der Waals surface area contributed by atoms with Crippen molar-refractivity contribution in [1.82, 2.24) is 0 Å². The van der Waals surface area contributed by atoms with Crippen LogP contribution in [0.25, 0.3) is 0 Å². The summed E-state index contributed by atoms with van der Waals surface area (Å²) in [7, 11) is 1.33. The van der Waals surface area contributed by atoms with Crippen molar-refractivity contribution in [2.75, 3.05) is 12.4 Å². The highest BCUT2D eigenvalue weighted by Crippen LogP contribution is 2.21. The minimum atomic E-state index is -0.517. The second kappa shape index (κ2) is 8.49. The molecule has 0 unspecified atom stereocenters. The zero-order valence-corrected chi connectivity index (χ0v) is 15.4. The number of carbonyl (C=O) groups is 1. The van der Waals surface area contributed by atoms with Crippen LogP contribution in [0.15, 0.2) is 52.1 Å². The molecule has 0 fully saturated rings. The number of methoxy groups -OCH3 is 1. The zero-order chi connectivity index (χ0) is 17.5. The predicted octanol–water partition coefficient (Wildman–Crippen LogP) is 4.88. The summed E-state index contributed by atoms with van der Waals surface area (Å²) in [5, 5.41) is 6.84. The number of carbonyl (C=O) groups excluding carboxylic acids is 1. The number of hydrogen-bond donors (Lipinski definition) is 1. The topological polar surface area (TPSA) is 59.9 Å². The molecule has 0 aliphatic carbocycles. The van der Waals surface area contributed by atoms with Gasteiger partial charge in [0, 0.05) is 10.0 Å². The lowest BCUT2D eigenvalue weighted by Gasteiger charge is -2.12. The van der Waals surface area contributed by atoms with Gasteiger partial charge in [-0.1, -0.05) is 45.4 Å². The van der Waals surface area contributed by atoms with Gasteiger partial charge >= 0.3 is 6.09 Å². The molecule has 0 aromatic heterocycles. The standard InChI is InChI=1S/C18H19BrN2O3/c1-12-5-4-6-17(20-18(22)23-3)16(12)11-24-21-13(2)14-7-9-15(19)10-8-14/h4-10H,11H2,1-3H3,(H,20,22)/b21-13+. The zero-order valence-electron chi connectivity index (χ0n) is 13.8. The molecule has 6 heteroatoms. The minimum Gasteiger partial charge on any atom is -0.453 e. The monoisotopic (exact) mass is 390 g/mol. The first-order valence-corrected chi connectivity index (χ1v) is 8.16. The van der Waals surface area contributed by atoms with Gasteiger partial charge in [-0.2, -0.15) is 0 Å². The third-order valence-corrected chi connectivity index (χ3v) is 4.03. The number of aryl methyl sites for hydroxylation is 1. The van der Waals surface area contributed by atoms with Crippen molar-refractivity contribution < 1.29 is 14.4 Å². The van der Waals surface area contributed by atoms with Crippen molar-refractivity contribution in [1.29, 1.82) is 0 Å². The quantitative estimate of drug-likeness (QED) is 0.584. The summed E-state index contributed by atoms with van der Waals surface area (Å²) in [6, 6.07) is 13.4. The van der Waals surface area contributed by atoms with E-state index in [0.717, 1.165) is 26.9 Å².